The molecule has 1 aromatic heterocycles. The fraction of sp³-hybridized carbons (Fsp3) is 0.643. The summed E-state index contributed by atoms with van der Waals surface area (Å²) in [7, 11) is 0. The Balaban J connectivity index is 3.21. The second-order valence-corrected chi connectivity index (χ2v) is 5.14. The van der Waals surface area contributed by atoms with E-state index in [2.05, 4.69) is 22.3 Å². The van der Waals surface area contributed by atoms with E-state index in [4.69, 9.17) is 5.84 Å². The van der Waals surface area contributed by atoms with E-state index in [0.29, 0.717) is 23.8 Å². The fourth-order valence-corrected chi connectivity index (χ4v) is 1.95. The molecule has 3 N–H and O–H groups in total. The number of anilines is 1. The zero-order valence-corrected chi connectivity index (χ0v) is 13.0. The highest BCUT2D eigenvalue weighted by atomic mass is 16.2. The lowest BCUT2D eigenvalue weighted by atomic mass is 10.1. The average molecular weight is 279 g/mol. The number of carbonyl (C=O) groups is 1. The van der Waals surface area contributed by atoms with Crippen molar-refractivity contribution in [1.82, 2.24) is 14.9 Å². The predicted molar refractivity (Wildman–Crippen MR) is 80.4 cm³/mol. The number of nitrogens with zero attached hydrogens (tertiary/aromatic N) is 3. The lowest BCUT2D eigenvalue weighted by Gasteiger charge is -2.27. The van der Waals surface area contributed by atoms with Crippen LogP contribution >= 0.6 is 0 Å². The molecule has 1 unspecified atom stereocenters. The van der Waals surface area contributed by atoms with Gasteiger partial charge in [-0.25, -0.2) is 9.97 Å². The first-order valence-electron chi connectivity index (χ1n) is 7.10. The van der Waals surface area contributed by atoms with Gasteiger partial charge in [0.05, 0.1) is 11.9 Å². The summed E-state index contributed by atoms with van der Waals surface area (Å²) >= 11 is 0. The third-order valence-corrected chi connectivity index (χ3v) is 3.41. The quantitative estimate of drug-likeness (QED) is 0.615. The minimum absolute atomic E-state index is 0.112. The van der Waals surface area contributed by atoms with Gasteiger partial charge >= 0.3 is 0 Å². The van der Waals surface area contributed by atoms with Crippen molar-refractivity contribution < 1.29 is 4.79 Å². The Bertz CT molecular complexity index is 461. The summed E-state index contributed by atoms with van der Waals surface area (Å²) in [6, 6.07) is 0.163. The first-order valence-corrected chi connectivity index (χ1v) is 7.10. The number of nitrogen functional groups attached to an aromatic ring is 1. The van der Waals surface area contributed by atoms with E-state index in [1.807, 2.05) is 27.7 Å². The molecule has 0 radical (unpaired) electrons. The summed E-state index contributed by atoms with van der Waals surface area (Å²) in [6.45, 7) is 10.7. The van der Waals surface area contributed by atoms with E-state index < -0.39 is 0 Å². The van der Waals surface area contributed by atoms with Gasteiger partial charge in [-0.1, -0.05) is 20.8 Å². The summed E-state index contributed by atoms with van der Waals surface area (Å²) < 4.78 is 0. The Morgan fingerprint density at radius 2 is 2.05 bits per heavy atom. The van der Waals surface area contributed by atoms with Gasteiger partial charge in [-0.3, -0.25) is 10.6 Å². The van der Waals surface area contributed by atoms with Crippen molar-refractivity contribution in [3.63, 3.8) is 0 Å². The van der Waals surface area contributed by atoms with Crippen LogP contribution in [0, 0.1) is 0 Å². The Kier molecular flexibility index (Phi) is 5.88. The molecule has 112 valence electrons. The average Bonchev–Trinajstić information content (AvgIpc) is 2.46. The Morgan fingerprint density at radius 1 is 1.40 bits per heavy atom. The molecule has 0 saturated heterocycles. The number of hydrogen-bond acceptors (Lipinski definition) is 5. The molecule has 0 aliphatic rings. The molecular weight excluding hydrogens is 254 g/mol. The lowest BCUT2D eigenvalue weighted by Crippen LogP contribution is -2.39. The number of hydrogen-bond donors (Lipinski definition) is 2. The van der Waals surface area contributed by atoms with Crippen molar-refractivity contribution in [2.75, 3.05) is 12.0 Å². The molecule has 20 heavy (non-hydrogen) atoms. The molecule has 1 amide bonds. The summed E-state index contributed by atoms with van der Waals surface area (Å²) in [5.41, 5.74) is 3.31. The van der Waals surface area contributed by atoms with Crippen molar-refractivity contribution in [2.24, 2.45) is 5.84 Å². The Morgan fingerprint density at radius 3 is 2.50 bits per heavy atom. The normalized spacial score (nSPS) is 12.3. The van der Waals surface area contributed by atoms with Crippen molar-refractivity contribution >= 4 is 11.6 Å². The van der Waals surface area contributed by atoms with Gasteiger partial charge in [-0.05, 0) is 20.3 Å². The molecule has 0 spiro atoms. The molecular formula is C14H25N5O. The number of carbonyl (C=O) groups excluding carboxylic acids is 1. The second kappa shape index (κ2) is 7.19. The first kappa shape index (κ1) is 16.4. The van der Waals surface area contributed by atoms with Crippen LogP contribution in [0.1, 0.15) is 63.3 Å². The van der Waals surface area contributed by atoms with Gasteiger partial charge in [0.2, 0.25) is 0 Å². The van der Waals surface area contributed by atoms with Gasteiger partial charge in [0, 0.05) is 18.5 Å². The lowest BCUT2D eigenvalue weighted by molar-refractivity contribution is 0.0694. The highest BCUT2D eigenvalue weighted by Crippen LogP contribution is 2.18. The molecule has 1 heterocycles. The SMILES string of the molecule is CCC(C)N(CC)C(=O)c1nc(C(C)C)ncc1NN. The minimum atomic E-state index is -0.112. The zero-order valence-electron chi connectivity index (χ0n) is 13.0. The third-order valence-electron chi connectivity index (χ3n) is 3.41. The van der Waals surface area contributed by atoms with Gasteiger partial charge < -0.3 is 10.3 Å². The first-order chi connectivity index (χ1) is 9.46. The van der Waals surface area contributed by atoms with Crippen LogP contribution in [0.2, 0.25) is 0 Å². The number of nitrogens with two attached hydrogens (primary N) is 1. The summed E-state index contributed by atoms with van der Waals surface area (Å²) in [5, 5.41) is 0. The van der Waals surface area contributed by atoms with Crippen molar-refractivity contribution in [1.29, 1.82) is 0 Å². The van der Waals surface area contributed by atoms with Gasteiger partial charge in [0.1, 0.15) is 5.82 Å². The smallest absolute Gasteiger partial charge is 0.275 e. The van der Waals surface area contributed by atoms with Gasteiger partial charge in [0.15, 0.2) is 5.69 Å². The number of rotatable bonds is 6. The fourth-order valence-electron chi connectivity index (χ4n) is 1.95. The van der Waals surface area contributed by atoms with Gasteiger partial charge in [-0.15, -0.1) is 0 Å². The predicted octanol–water partition coefficient (Wildman–Crippen LogP) is 2.15. The highest BCUT2D eigenvalue weighted by Gasteiger charge is 2.23. The van der Waals surface area contributed by atoms with Gasteiger partial charge in [0.25, 0.3) is 5.91 Å². The van der Waals surface area contributed by atoms with Crippen LogP contribution in [0.5, 0.6) is 0 Å². The maximum Gasteiger partial charge on any atom is 0.275 e. The highest BCUT2D eigenvalue weighted by molar-refractivity contribution is 5.97. The zero-order chi connectivity index (χ0) is 15.3. The maximum atomic E-state index is 12.7. The van der Waals surface area contributed by atoms with E-state index in [1.54, 1.807) is 11.1 Å². The van der Waals surface area contributed by atoms with Crippen LogP contribution < -0.4 is 11.3 Å². The molecule has 1 rings (SSSR count). The molecule has 6 nitrogen and oxygen atoms in total. The second-order valence-electron chi connectivity index (χ2n) is 5.14. The number of nitrogens with one attached hydrogen (secondary N) is 1. The van der Waals surface area contributed by atoms with Crippen LogP contribution in [-0.2, 0) is 0 Å². The van der Waals surface area contributed by atoms with Crippen LogP contribution in [0.15, 0.2) is 6.20 Å². The Labute approximate surface area is 120 Å². The molecule has 0 saturated carbocycles. The minimum Gasteiger partial charge on any atom is -0.335 e. The van der Waals surface area contributed by atoms with Crippen molar-refractivity contribution in [2.45, 2.75) is 53.0 Å². The summed E-state index contributed by atoms with van der Waals surface area (Å²) in [4.78, 5) is 23.1. The van der Waals surface area contributed by atoms with E-state index in [-0.39, 0.29) is 17.9 Å². The molecule has 0 bridgehead atoms. The Hall–Kier alpha value is -1.69. The number of hydrazine groups is 1. The van der Waals surface area contributed by atoms with Crippen LogP contribution in [0.25, 0.3) is 0 Å². The summed E-state index contributed by atoms with van der Waals surface area (Å²) in [5.74, 6) is 6.16. The van der Waals surface area contributed by atoms with Crippen LogP contribution in [-0.4, -0.2) is 33.4 Å². The molecule has 6 heteroatoms. The van der Waals surface area contributed by atoms with E-state index in [1.165, 1.54) is 0 Å². The number of aromatic nitrogens is 2. The molecule has 0 aliphatic carbocycles. The van der Waals surface area contributed by atoms with Crippen LogP contribution in [0.3, 0.4) is 0 Å². The van der Waals surface area contributed by atoms with E-state index in [0.717, 1.165) is 6.42 Å². The van der Waals surface area contributed by atoms with Crippen molar-refractivity contribution in [3.05, 3.63) is 17.7 Å². The molecule has 1 aromatic rings. The van der Waals surface area contributed by atoms with Crippen LogP contribution in [0.4, 0.5) is 5.69 Å². The molecule has 0 aromatic carbocycles. The topological polar surface area (TPSA) is 84.1 Å². The van der Waals surface area contributed by atoms with Gasteiger partial charge in [-0.2, -0.15) is 0 Å². The largest absolute Gasteiger partial charge is 0.335 e. The summed E-state index contributed by atoms with van der Waals surface area (Å²) in [6.07, 6.45) is 2.47. The standard InChI is InChI=1S/C14H25N5O/c1-6-10(5)19(7-2)14(20)12-11(18-15)8-16-13(17-12)9(3)4/h8-10,18H,6-7,15H2,1-5H3. The third kappa shape index (κ3) is 3.45. The monoisotopic (exact) mass is 279 g/mol. The number of amides is 1. The van der Waals surface area contributed by atoms with E-state index in [9.17, 15) is 4.79 Å². The molecule has 0 fully saturated rings. The maximum absolute atomic E-state index is 12.7. The molecule has 0 aliphatic heterocycles. The molecule has 1 atom stereocenters. The van der Waals surface area contributed by atoms with Crippen molar-refractivity contribution in [3.8, 4) is 0 Å². The van der Waals surface area contributed by atoms with E-state index >= 15 is 0 Å².